The van der Waals surface area contributed by atoms with Crippen molar-refractivity contribution in [3.63, 3.8) is 0 Å². The van der Waals surface area contributed by atoms with Crippen LogP contribution in [0, 0.1) is 6.92 Å². The number of anilines is 1. The van der Waals surface area contributed by atoms with Crippen molar-refractivity contribution in [2.24, 2.45) is 0 Å². The highest BCUT2D eigenvalue weighted by molar-refractivity contribution is 6.06. The highest BCUT2D eigenvalue weighted by Crippen LogP contribution is 2.23. The van der Waals surface area contributed by atoms with Crippen LogP contribution in [0.1, 0.15) is 43.0 Å². The molecule has 2 amide bonds. The molecule has 0 spiro atoms. The number of fused-ring (bicyclic) bond motifs is 1. The minimum atomic E-state index is -0.169. The van der Waals surface area contributed by atoms with E-state index < -0.39 is 0 Å². The fourth-order valence-corrected chi connectivity index (χ4v) is 4.10. The largest absolute Gasteiger partial charge is 0.496 e. The number of nitrogens with zero attached hydrogens (tertiary/aromatic N) is 1. The molecule has 4 rings (SSSR count). The number of ether oxygens (including phenoxy) is 1. The van der Waals surface area contributed by atoms with E-state index >= 15 is 0 Å². The summed E-state index contributed by atoms with van der Waals surface area (Å²) in [7, 11) is 3.40. The first-order valence-electron chi connectivity index (χ1n) is 11.1. The van der Waals surface area contributed by atoms with Crippen LogP contribution in [-0.2, 0) is 19.5 Å². The second kappa shape index (κ2) is 9.88. The number of nitrogens with one attached hydrogen (secondary N) is 2. The molecule has 33 heavy (non-hydrogen) atoms. The molecule has 1 heterocycles. The van der Waals surface area contributed by atoms with Crippen LogP contribution in [0.2, 0.25) is 0 Å². The Morgan fingerprint density at radius 2 is 1.88 bits per heavy atom. The number of carbonyl (C=O) groups is 2. The minimum absolute atomic E-state index is 0.0855. The lowest BCUT2D eigenvalue weighted by atomic mass is 10.00. The Morgan fingerprint density at radius 3 is 2.67 bits per heavy atom. The Kier molecular flexibility index (Phi) is 6.75. The molecule has 3 aromatic carbocycles. The normalized spacial score (nSPS) is 12.6. The van der Waals surface area contributed by atoms with E-state index in [4.69, 9.17) is 4.74 Å². The van der Waals surface area contributed by atoms with E-state index in [9.17, 15) is 9.59 Å². The first kappa shape index (κ1) is 22.6. The summed E-state index contributed by atoms with van der Waals surface area (Å²) in [6.45, 7) is 4.05. The number of aryl methyl sites for hydroxylation is 1. The predicted octanol–water partition coefficient (Wildman–Crippen LogP) is 3.86. The van der Waals surface area contributed by atoms with Crippen molar-refractivity contribution in [2.75, 3.05) is 25.6 Å². The summed E-state index contributed by atoms with van der Waals surface area (Å²) in [5, 5.41) is 6.30. The second-order valence-corrected chi connectivity index (χ2v) is 8.31. The third-order valence-corrected chi connectivity index (χ3v) is 6.05. The van der Waals surface area contributed by atoms with Gasteiger partial charge in [0.05, 0.1) is 7.11 Å². The van der Waals surface area contributed by atoms with Crippen LogP contribution >= 0.6 is 0 Å². The van der Waals surface area contributed by atoms with E-state index in [2.05, 4.69) is 22.8 Å². The first-order chi connectivity index (χ1) is 16.0. The SMILES string of the molecule is COc1ccc(C(=O)NCc2cccc(C(=O)N(C)c3ccc4c(c3)CNCC4)c2)cc1C. The maximum atomic E-state index is 13.1. The molecule has 6 nitrogen and oxygen atoms in total. The van der Waals surface area contributed by atoms with Crippen LogP contribution < -0.4 is 20.3 Å². The predicted molar refractivity (Wildman–Crippen MR) is 130 cm³/mol. The molecule has 2 N–H and O–H groups in total. The third-order valence-electron chi connectivity index (χ3n) is 6.05. The van der Waals surface area contributed by atoms with Gasteiger partial charge in [0.2, 0.25) is 0 Å². The average Bonchev–Trinajstić information content (AvgIpc) is 2.86. The van der Waals surface area contributed by atoms with E-state index in [-0.39, 0.29) is 11.8 Å². The molecule has 1 aliphatic rings. The van der Waals surface area contributed by atoms with Crippen molar-refractivity contribution >= 4 is 17.5 Å². The summed E-state index contributed by atoms with van der Waals surface area (Å²) in [4.78, 5) is 27.4. The summed E-state index contributed by atoms with van der Waals surface area (Å²) in [5.41, 5.74) is 6.37. The van der Waals surface area contributed by atoms with Gasteiger partial charge >= 0.3 is 0 Å². The average molecular weight is 444 g/mol. The summed E-state index contributed by atoms with van der Waals surface area (Å²) < 4.78 is 5.25. The molecule has 0 radical (unpaired) electrons. The van der Waals surface area contributed by atoms with Crippen LogP contribution in [0.3, 0.4) is 0 Å². The summed E-state index contributed by atoms with van der Waals surface area (Å²) in [6.07, 6.45) is 1.01. The van der Waals surface area contributed by atoms with Gasteiger partial charge in [-0.15, -0.1) is 0 Å². The molecule has 170 valence electrons. The number of methoxy groups -OCH3 is 1. The van der Waals surface area contributed by atoms with Gasteiger partial charge in [-0.25, -0.2) is 0 Å². The van der Waals surface area contributed by atoms with Crippen molar-refractivity contribution in [1.82, 2.24) is 10.6 Å². The number of amides is 2. The Morgan fingerprint density at radius 1 is 1.03 bits per heavy atom. The highest BCUT2D eigenvalue weighted by atomic mass is 16.5. The molecule has 1 aliphatic heterocycles. The number of hydrogen-bond acceptors (Lipinski definition) is 4. The first-order valence-corrected chi connectivity index (χ1v) is 11.1. The molecule has 0 aliphatic carbocycles. The monoisotopic (exact) mass is 443 g/mol. The molecule has 0 fully saturated rings. The summed E-state index contributed by atoms with van der Waals surface area (Å²) in [5.74, 6) is 0.493. The van der Waals surface area contributed by atoms with Crippen LogP contribution in [0.4, 0.5) is 5.69 Å². The molecule has 3 aromatic rings. The van der Waals surface area contributed by atoms with Crippen LogP contribution in [0.25, 0.3) is 0 Å². The standard InChI is InChI=1S/C27H29N3O3/c1-18-13-21(8-10-25(18)33-3)26(31)29-16-19-5-4-6-22(14-19)27(32)30(2)24-9-7-20-11-12-28-17-23(20)15-24/h4-10,13-15,28H,11-12,16-17H2,1-3H3,(H,29,31). The zero-order valence-corrected chi connectivity index (χ0v) is 19.3. The van der Waals surface area contributed by atoms with Gasteiger partial charge < -0.3 is 20.3 Å². The summed E-state index contributed by atoms with van der Waals surface area (Å²) >= 11 is 0. The fourth-order valence-electron chi connectivity index (χ4n) is 4.10. The topological polar surface area (TPSA) is 70.7 Å². The smallest absolute Gasteiger partial charge is 0.258 e. The number of hydrogen-bond donors (Lipinski definition) is 2. The van der Waals surface area contributed by atoms with Crippen LogP contribution in [0.5, 0.6) is 5.75 Å². The Hall–Kier alpha value is -3.64. The summed E-state index contributed by atoms with van der Waals surface area (Å²) in [6, 6.07) is 18.9. The zero-order valence-electron chi connectivity index (χ0n) is 19.3. The van der Waals surface area contributed by atoms with Crippen molar-refractivity contribution in [3.8, 4) is 5.75 Å². The molecule has 0 saturated carbocycles. The fraction of sp³-hybridized carbons (Fsp3) is 0.259. The third kappa shape index (κ3) is 5.07. The molecule has 0 saturated heterocycles. The lowest BCUT2D eigenvalue weighted by molar-refractivity contribution is 0.0950. The quantitative estimate of drug-likeness (QED) is 0.607. The van der Waals surface area contributed by atoms with E-state index in [0.29, 0.717) is 17.7 Å². The molecule has 0 atom stereocenters. The van der Waals surface area contributed by atoms with Crippen LogP contribution in [-0.4, -0.2) is 32.5 Å². The van der Waals surface area contributed by atoms with Gasteiger partial charge in [0, 0.05) is 37.0 Å². The Balaban J connectivity index is 1.43. The van der Waals surface area contributed by atoms with Crippen molar-refractivity contribution < 1.29 is 14.3 Å². The number of rotatable bonds is 6. The molecular weight excluding hydrogens is 414 g/mol. The highest BCUT2D eigenvalue weighted by Gasteiger charge is 2.17. The van der Waals surface area contributed by atoms with Crippen molar-refractivity contribution in [1.29, 1.82) is 0 Å². The van der Waals surface area contributed by atoms with Gasteiger partial charge in [0.25, 0.3) is 11.8 Å². The Bertz CT molecular complexity index is 1190. The number of carbonyl (C=O) groups excluding carboxylic acids is 2. The Labute approximate surface area is 194 Å². The molecule has 0 unspecified atom stereocenters. The molecular formula is C27H29N3O3. The van der Waals surface area contributed by atoms with Crippen molar-refractivity contribution in [2.45, 2.75) is 26.4 Å². The maximum Gasteiger partial charge on any atom is 0.258 e. The molecule has 6 heteroatoms. The number of benzene rings is 3. The minimum Gasteiger partial charge on any atom is -0.496 e. The maximum absolute atomic E-state index is 13.1. The van der Waals surface area contributed by atoms with E-state index in [1.165, 1.54) is 11.1 Å². The lowest BCUT2D eigenvalue weighted by Crippen LogP contribution is -2.28. The van der Waals surface area contributed by atoms with Crippen LogP contribution in [0.15, 0.2) is 60.7 Å². The van der Waals surface area contributed by atoms with Gasteiger partial charge in [-0.05, 0) is 84.6 Å². The zero-order chi connectivity index (χ0) is 23.4. The van der Waals surface area contributed by atoms with Gasteiger partial charge in [0.1, 0.15) is 5.75 Å². The van der Waals surface area contributed by atoms with Gasteiger partial charge in [-0.1, -0.05) is 18.2 Å². The molecule has 0 aromatic heterocycles. The van der Waals surface area contributed by atoms with Gasteiger partial charge in [-0.3, -0.25) is 9.59 Å². The van der Waals surface area contributed by atoms with E-state index in [0.717, 1.165) is 42.1 Å². The van der Waals surface area contributed by atoms with Gasteiger partial charge in [-0.2, -0.15) is 0 Å². The van der Waals surface area contributed by atoms with Crippen molar-refractivity contribution in [3.05, 3.63) is 94.0 Å². The lowest BCUT2D eigenvalue weighted by Gasteiger charge is -2.22. The molecule has 0 bridgehead atoms. The second-order valence-electron chi connectivity index (χ2n) is 8.31. The van der Waals surface area contributed by atoms with E-state index in [1.54, 1.807) is 43.3 Å². The van der Waals surface area contributed by atoms with Gasteiger partial charge in [0.15, 0.2) is 0 Å². The van der Waals surface area contributed by atoms with E-state index in [1.807, 2.05) is 31.2 Å².